The summed E-state index contributed by atoms with van der Waals surface area (Å²) >= 11 is 0. The number of benzene rings is 1. The number of piperidine rings is 1. The van der Waals surface area contributed by atoms with Crippen LogP contribution in [0.1, 0.15) is 31.4 Å². The highest BCUT2D eigenvalue weighted by Gasteiger charge is 2.34. The Balaban J connectivity index is 1.48. The lowest BCUT2D eigenvalue weighted by molar-refractivity contribution is 0.164. The van der Waals surface area contributed by atoms with E-state index in [9.17, 15) is 0 Å². The van der Waals surface area contributed by atoms with Crippen LogP contribution in [0.25, 0.3) is 10.9 Å². The van der Waals surface area contributed by atoms with Gasteiger partial charge in [-0.15, -0.1) is 0 Å². The van der Waals surface area contributed by atoms with E-state index in [0.29, 0.717) is 6.04 Å². The van der Waals surface area contributed by atoms with Gasteiger partial charge in [0.2, 0.25) is 0 Å². The van der Waals surface area contributed by atoms with Gasteiger partial charge in [0, 0.05) is 30.1 Å². The fourth-order valence-electron chi connectivity index (χ4n) is 3.97. The van der Waals surface area contributed by atoms with Crippen molar-refractivity contribution in [2.75, 3.05) is 7.05 Å². The molecule has 2 aromatic rings. The molecule has 2 saturated heterocycles. The second-order valence-electron chi connectivity index (χ2n) is 6.67. The summed E-state index contributed by atoms with van der Waals surface area (Å²) in [5, 5.41) is 4.95. The molecular formula is C18H23N3. The molecule has 2 atom stereocenters. The molecule has 1 N–H and O–H groups in total. The molecule has 0 amide bonds. The fourth-order valence-corrected chi connectivity index (χ4v) is 3.97. The van der Waals surface area contributed by atoms with Crippen molar-refractivity contribution in [1.82, 2.24) is 15.2 Å². The minimum Gasteiger partial charge on any atom is -0.311 e. The predicted octanol–water partition coefficient (Wildman–Crippen LogP) is 2.95. The molecule has 1 aromatic carbocycles. The summed E-state index contributed by atoms with van der Waals surface area (Å²) in [5.41, 5.74) is 2.29. The Bertz CT molecular complexity index is 627. The van der Waals surface area contributed by atoms with E-state index < -0.39 is 0 Å². The second kappa shape index (κ2) is 5.39. The molecule has 3 heterocycles. The number of hydrogen-bond acceptors (Lipinski definition) is 3. The zero-order valence-electron chi connectivity index (χ0n) is 12.6. The standard InChI is InChI=1S/C18H23N3/c1-21(17-10-14-8-9-15(11-17)19-14)12-16-7-6-13-4-2-3-5-18(13)20-16/h2-7,14-15,17,19H,8-12H2,1H3. The first-order chi connectivity index (χ1) is 10.3. The van der Waals surface area contributed by atoms with Crippen LogP contribution in [0.2, 0.25) is 0 Å². The number of hydrogen-bond donors (Lipinski definition) is 1. The number of fused-ring (bicyclic) bond motifs is 3. The maximum absolute atomic E-state index is 4.81. The van der Waals surface area contributed by atoms with E-state index in [1.165, 1.54) is 36.8 Å². The van der Waals surface area contributed by atoms with Crippen LogP contribution in [0.3, 0.4) is 0 Å². The van der Waals surface area contributed by atoms with E-state index in [4.69, 9.17) is 4.98 Å². The van der Waals surface area contributed by atoms with E-state index in [-0.39, 0.29) is 0 Å². The molecule has 2 bridgehead atoms. The maximum Gasteiger partial charge on any atom is 0.0705 e. The number of nitrogens with one attached hydrogen (secondary N) is 1. The van der Waals surface area contributed by atoms with Crippen LogP contribution in [0, 0.1) is 0 Å². The van der Waals surface area contributed by atoms with Gasteiger partial charge < -0.3 is 5.32 Å². The van der Waals surface area contributed by atoms with Crippen LogP contribution in [-0.4, -0.2) is 35.1 Å². The summed E-state index contributed by atoms with van der Waals surface area (Å²) in [6.07, 6.45) is 5.31. The van der Waals surface area contributed by atoms with Gasteiger partial charge in [-0.1, -0.05) is 24.3 Å². The highest BCUT2D eigenvalue weighted by molar-refractivity contribution is 5.78. The molecule has 21 heavy (non-hydrogen) atoms. The van der Waals surface area contributed by atoms with Crippen molar-refractivity contribution < 1.29 is 0 Å². The van der Waals surface area contributed by atoms with E-state index in [1.54, 1.807) is 0 Å². The highest BCUT2D eigenvalue weighted by atomic mass is 15.2. The Morgan fingerprint density at radius 1 is 1.10 bits per heavy atom. The predicted molar refractivity (Wildman–Crippen MR) is 86.2 cm³/mol. The Hall–Kier alpha value is -1.45. The van der Waals surface area contributed by atoms with Crippen LogP contribution in [0.15, 0.2) is 36.4 Å². The number of nitrogens with zero attached hydrogens (tertiary/aromatic N) is 2. The average molecular weight is 281 g/mol. The van der Waals surface area contributed by atoms with Crippen LogP contribution < -0.4 is 5.32 Å². The Kier molecular flexibility index (Phi) is 3.40. The van der Waals surface area contributed by atoms with Gasteiger partial charge in [0.15, 0.2) is 0 Å². The van der Waals surface area contributed by atoms with Crippen molar-refractivity contribution in [1.29, 1.82) is 0 Å². The normalized spacial score (nSPS) is 28.4. The van der Waals surface area contributed by atoms with Crippen molar-refractivity contribution in [2.24, 2.45) is 0 Å². The van der Waals surface area contributed by atoms with Gasteiger partial charge >= 0.3 is 0 Å². The number of para-hydroxylation sites is 1. The third kappa shape index (κ3) is 2.68. The average Bonchev–Trinajstić information content (AvgIpc) is 2.85. The lowest BCUT2D eigenvalue weighted by atomic mass is 9.98. The minimum atomic E-state index is 0.706. The first kappa shape index (κ1) is 13.2. The maximum atomic E-state index is 4.81. The molecule has 0 saturated carbocycles. The van der Waals surface area contributed by atoms with Gasteiger partial charge in [-0.3, -0.25) is 9.88 Å². The van der Waals surface area contributed by atoms with Gasteiger partial charge in [-0.2, -0.15) is 0 Å². The monoisotopic (exact) mass is 281 g/mol. The molecule has 0 radical (unpaired) electrons. The zero-order chi connectivity index (χ0) is 14.2. The van der Waals surface area contributed by atoms with Crippen molar-refractivity contribution in [2.45, 2.75) is 50.4 Å². The third-order valence-electron chi connectivity index (χ3n) is 5.14. The van der Waals surface area contributed by atoms with Gasteiger partial charge in [0.05, 0.1) is 11.2 Å². The quantitative estimate of drug-likeness (QED) is 0.937. The van der Waals surface area contributed by atoms with Crippen LogP contribution in [0.5, 0.6) is 0 Å². The SMILES string of the molecule is CN(Cc1ccc2ccccc2n1)C1CC2CCC(C1)N2. The summed E-state index contributed by atoms with van der Waals surface area (Å²) in [7, 11) is 2.26. The summed E-state index contributed by atoms with van der Waals surface area (Å²) < 4.78 is 0. The Morgan fingerprint density at radius 2 is 1.86 bits per heavy atom. The first-order valence-corrected chi connectivity index (χ1v) is 8.09. The van der Waals surface area contributed by atoms with Gasteiger partial charge in [-0.25, -0.2) is 0 Å². The van der Waals surface area contributed by atoms with Crippen molar-refractivity contribution in [3.05, 3.63) is 42.1 Å². The second-order valence-corrected chi connectivity index (χ2v) is 6.67. The molecule has 2 aliphatic rings. The minimum absolute atomic E-state index is 0.706. The van der Waals surface area contributed by atoms with Crippen LogP contribution in [-0.2, 0) is 6.54 Å². The summed E-state index contributed by atoms with van der Waals surface area (Å²) in [6, 6.07) is 14.9. The van der Waals surface area contributed by atoms with Crippen LogP contribution in [0.4, 0.5) is 0 Å². The number of rotatable bonds is 3. The molecule has 2 fully saturated rings. The van der Waals surface area contributed by atoms with Gasteiger partial charge in [-0.05, 0) is 44.9 Å². The molecule has 0 spiro atoms. The van der Waals surface area contributed by atoms with Gasteiger partial charge in [0.1, 0.15) is 0 Å². The molecule has 3 nitrogen and oxygen atoms in total. The zero-order valence-corrected chi connectivity index (χ0v) is 12.6. The topological polar surface area (TPSA) is 28.2 Å². The van der Waals surface area contributed by atoms with E-state index in [1.807, 2.05) is 0 Å². The molecule has 3 heteroatoms. The molecule has 2 aliphatic heterocycles. The van der Waals surface area contributed by atoms with Crippen molar-refractivity contribution in [3.8, 4) is 0 Å². The molecule has 4 rings (SSSR count). The van der Waals surface area contributed by atoms with E-state index >= 15 is 0 Å². The van der Waals surface area contributed by atoms with Crippen molar-refractivity contribution >= 4 is 10.9 Å². The lowest BCUT2D eigenvalue weighted by Crippen LogP contribution is -2.46. The third-order valence-corrected chi connectivity index (χ3v) is 5.14. The molecule has 1 aromatic heterocycles. The smallest absolute Gasteiger partial charge is 0.0705 e. The Morgan fingerprint density at radius 3 is 2.67 bits per heavy atom. The summed E-state index contributed by atoms with van der Waals surface area (Å²) in [4.78, 5) is 7.31. The molecule has 0 aliphatic carbocycles. The molecule has 110 valence electrons. The molecular weight excluding hydrogens is 258 g/mol. The fraction of sp³-hybridized carbons (Fsp3) is 0.500. The number of aromatic nitrogens is 1. The highest BCUT2D eigenvalue weighted by Crippen LogP contribution is 2.29. The Labute approximate surface area is 126 Å². The van der Waals surface area contributed by atoms with Crippen molar-refractivity contribution in [3.63, 3.8) is 0 Å². The van der Waals surface area contributed by atoms with E-state index in [0.717, 1.165) is 24.1 Å². The van der Waals surface area contributed by atoms with Gasteiger partial charge in [0.25, 0.3) is 0 Å². The molecule has 2 unspecified atom stereocenters. The van der Waals surface area contributed by atoms with E-state index in [2.05, 4.69) is 53.7 Å². The summed E-state index contributed by atoms with van der Waals surface area (Å²) in [5.74, 6) is 0. The largest absolute Gasteiger partial charge is 0.311 e. The number of pyridine rings is 1. The summed E-state index contributed by atoms with van der Waals surface area (Å²) in [6.45, 7) is 0.953. The van der Waals surface area contributed by atoms with Crippen LogP contribution >= 0.6 is 0 Å². The lowest BCUT2D eigenvalue weighted by Gasteiger charge is -2.35. The first-order valence-electron chi connectivity index (χ1n) is 8.09.